The highest BCUT2D eigenvalue weighted by atomic mass is 16.2. The fraction of sp³-hybridized carbons (Fsp3) is 0.538. The van der Waals surface area contributed by atoms with E-state index in [4.69, 9.17) is 4.98 Å². The van der Waals surface area contributed by atoms with Gasteiger partial charge < -0.3 is 9.67 Å². The van der Waals surface area contributed by atoms with Crippen molar-refractivity contribution in [1.82, 2.24) is 9.55 Å². The highest BCUT2D eigenvalue weighted by molar-refractivity contribution is 5.98. The topological polar surface area (TPSA) is 55.1 Å². The molecule has 3 atom stereocenters. The van der Waals surface area contributed by atoms with Crippen molar-refractivity contribution in [1.29, 1.82) is 0 Å². The van der Waals surface area contributed by atoms with Crippen molar-refractivity contribution in [2.45, 2.75) is 76.5 Å². The molecule has 0 bridgehead atoms. The first-order chi connectivity index (χ1) is 14.5. The Morgan fingerprint density at radius 3 is 2.57 bits per heavy atom. The summed E-state index contributed by atoms with van der Waals surface area (Å²) in [4.78, 5) is 18.1. The van der Waals surface area contributed by atoms with Crippen molar-refractivity contribution in [2.75, 3.05) is 0 Å². The summed E-state index contributed by atoms with van der Waals surface area (Å²) < 4.78 is 2.44. The monoisotopic (exact) mass is 404 g/mol. The molecule has 158 valence electrons. The van der Waals surface area contributed by atoms with Crippen LogP contribution in [0.5, 0.6) is 0 Å². The summed E-state index contributed by atoms with van der Waals surface area (Å²) in [5.74, 6) is 2.03. The van der Waals surface area contributed by atoms with Crippen LogP contribution in [0.3, 0.4) is 0 Å². The number of hydrogen-bond acceptors (Lipinski definition) is 3. The molecule has 30 heavy (non-hydrogen) atoms. The normalized spacial score (nSPS) is 30.9. The summed E-state index contributed by atoms with van der Waals surface area (Å²) in [6.07, 6.45) is 9.88. The van der Waals surface area contributed by atoms with Crippen LogP contribution in [-0.4, -0.2) is 20.4 Å². The van der Waals surface area contributed by atoms with Crippen LogP contribution in [0.15, 0.2) is 42.2 Å². The lowest BCUT2D eigenvalue weighted by molar-refractivity contribution is -0.124. The average Bonchev–Trinajstić information content (AvgIpc) is 3.18. The number of aromatic nitrogens is 2. The molecule has 3 aliphatic rings. The molecule has 0 aliphatic heterocycles. The number of allylic oxidation sites excluding steroid dienone is 1. The van der Waals surface area contributed by atoms with E-state index in [0.717, 1.165) is 19.1 Å². The number of rotatable bonds is 2. The van der Waals surface area contributed by atoms with E-state index in [0.29, 0.717) is 17.9 Å². The van der Waals surface area contributed by atoms with Crippen LogP contribution >= 0.6 is 0 Å². The zero-order valence-corrected chi connectivity index (χ0v) is 18.1. The van der Waals surface area contributed by atoms with Gasteiger partial charge in [-0.25, -0.2) is 4.98 Å². The second-order valence-corrected chi connectivity index (χ2v) is 9.82. The molecule has 2 saturated carbocycles. The van der Waals surface area contributed by atoms with Crippen LogP contribution < -0.4 is 0 Å². The Balaban J connectivity index is 1.69. The maximum Gasteiger partial charge on any atom is 0.165 e. The lowest BCUT2D eigenvalue weighted by Crippen LogP contribution is -2.48. The number of aliphatic hydroxyl groups excluding tert-OH is 1. The van der Waals surface area contributed by atoms with Crippen LogP contribution in [-0.2, 0) is 16.6 Å². The molecule has 5 rings (SSSR count). The number of carbonyl (C=O) groups is 1. The predicted octanol–water partition coefficient (Wildman–Crippen LogP) is 5.79. The van der Waals surface area contributed by atoms with Crippen molar-refractivity contribution in [3.05, 3.63) is 59.4 Å². The van der Waals surface area contributed by atoms with E-state index in [2.05, 4.69) is 41.8 Å². The standard InChI is InChI=1S/C26H32N2O2/c1-17-21-13-14-22-24(26(21,2)15-19(16-29)23(17)30)27-25(18-9-5-3-6-10-18)28(22)20-11-7-4-8-12-20/h4,7-8,11-12,16-18,21,29H,3,5-6,9-10,13-15H2,1-2H3/b19-16-/t17-,21-,26-/m1/s1. The molecule has 1 aromatic heterocycles. The second-order valence-electron chi connectivity index (χ2n) is 9.82. The molecule has 1 N–H and O–H groups in total. The maximum absolute atomic E-state index is 12.8. The van der Waals surface area contributed by atoms with E-state index in [9.17, 15) is 9.90 Å². The summed E-state index contributed by atoms with van der Waals surface area (Å²) in [5, 5.41) is 9.77. The molecule has 3 aliphatic carbocycles. The molecule has 0 spiro atoms. The fourth-order valence-electron chi connectivity index (χ4n) is 6.53. The summed E-state index contributed by atoms with van der Waals surface area (Å²) in [7, 11) is 0. The summed E-state index contributed by atoms with van der Waals surface area (Å²) in [5.41, 5.74) is 4.04. The molecule has 0 radical (unpaired) electrons. The zero-order chi connectivity index (χ0) is 20.9. The van der Waals surface area contributed by atoms with Crippen molar-refractivity contribution in [3.8, 4) is 5.69 Å². The van der Waals surface area contributed by atoms with Gasteiger partial charge in [0.2, 0.25) is 0 Å². The minimum Gasteiger partial charge on any atom is -0.515 e. The molecule has 4 nitrogen and oxygen atoms in total. The second kappa shape index (κ2) is 7.40. The highest BCUT2D eigenvalue weighted by Gasteiger charge is 2.52. The van der Waals surface area contributed by atoms with Gasteiger partial charge in [0, 0.05) is 34.2 Å². The smallest absolute Gasteiger partial charge is 0.165 e. The molecule has 2 fully saturated rings. The Morgan fingerprint density at radius 2 is 1.87 bits per heavy atom. The lowest BCUT2D eigenvalue weighted by Gasteiger charge is -2.47. The van der Waals surface area contributed by atoms with Crippen molar-refractivity contribution in [2.24, 2.45) is 11.8 Å². The van der Waals surface area contributed by atoms with Crippen molar-refractivity contribution >= 4 is 5.78 Å². The number of ketones is 1. The number of fused-ring (bicyclic) bond motifs is 3. The number of para-hydroxylation sites is 1. The van der Waals surface area contributed by atoms with Gasteiger partial charge in [-0.15, -0.1) is 0 Å². The quantitative estimate of drug-likeness (QED) is 0.509. The number of nitrogens with zero attached hydrogens (tertiary/aromatic N) is 2. The van der Waals surface area contributed by atoms with Gasteiger partial charge in [-0.3, -0.25) is 4.79 Å². The van der Waals surface area contributed by atoms with Crippen LogP contribution in [0.25, 0.3) is 5.69 Å². The lowest BCUT2D eigenvalue weighted by atomic mass is 9.56. The third-order valence-corrected chi connectivity index (χ3v) is 8.08. The number of carbonyl (C=O) groups excluding carboxylic acids is 1. The van der Waals surface area contributed by atoms with Gasteiger partial charge in [0.1, 0.15) is 5.82 Å². The van der Waals surface area contributed by atoms with Crippen LogP contribution in [0.2, 0.25) is 0 Å². The van der Waals surface area contributed by atoms with E-state index in [1.807, 2.05) is 6.92 Å². The Bertz CT molecular complexity index is 984. The van der Waals surface area contributed by atoms with E-state index >= 15 is 0 Å². The number of Topliss-reactive ketones (excluding diaryl/α,β-unsaturated/α-hetero) is 1. The zero-order valence-electron chi connectivity index (χ0n) is 18.1. The van der Waals surface area contributed by atoms with Gasteiger partial charge in [-0.2, -0.15) is 0 Å². The average molecular weight is 405 g/mol. The van der Waals surface area contributed by atoms with Gasteiger partial charge in [-0.1, -0.05) is 51.3 Å². The Hall–Kier alpha value is -2.36. The van der Waals surface area contributed by atoms with Crippen LogP contribution in [0, 0.1) is 11.8 Å². The van der Waals surface area contributed by atoms with E-state index in [1.54, 1.807) is 0 Å². The number of hydrogen-bond donors (Lipinski definition) is 1. The number of benzene rings is 1. The van der Waals surface area contributed by atoms with Gasteiger partial charge in [-0.05, 0) is 50.2 Å². The first-order valence-electron chi connectivity index (χ1n) is 11.6. The molecule has 0 unspecified atom stereocenters. The minimum atomic E-state index is -0.209. The first kappa shape index (κ1) is 19.6. The first-order valence-corrected chi connectivity index (χ1v) is 11.6. The Morgan fingerprint density at radius 1 is 1.13 bits per heavy atom. The summed E-state index contributed by atoms with van der Waals surface area (Å²) >= 11 is 0. The molecular formula is C26H32N2O2. The third-order valence-electron chi connectivity index (χ3n) is 8.08. The van der Waals surface area contributed by atoms with Crippen molar-refractivity contribution in [3.63, 3.8) is 0 Å². The molecule has 4 heteroatoms. The van der Waals surface area contributed by atoms with Gasteiger partial charge in [0.15, 0.2) is 5.78 Å². The van der Waals surface area contributed by atoms with Gasteiger partial charge in [0.05, 0.1) is 12.0 Å². The maximum atomic E-state index is 12.8. The highest BCUT2D eigenvalue weighted by Crippen LogP contribution is 2.53. The fourth-order valence-corrected chi connectivity index (χ4v) is 6.53. The van der Waals surface area contributed by atoms with E-state index in [1.165, 1.54) is 55.0 Å². The SMILES string of the molecule is C[C@H]1C(=O)/C(=C\O)C[C@@]2(C)c3nc(C4CCCCC4)n(-c4ccccc4)c3CC[C@H]12. The van der Waals surface area contributed by atoms with Crippen molar-refractivity contribution < 1.29 is 9.90 Å². The van der Waals surface area contributed by atoms with Gasteiger partial charge >= 0.3 is 0 Å². The minimum absolute atomic E-state index is 0.0738. The Labute approximate surface area is 179 Å². The molecular weight excluding hydrogens is 372 g/mol. The predicted molar refractivity (Wildman–Crippen MR) is 118 cm³/mol. The number of imidazole rings is 1. The molecule has 2 aromatic rings. The van der Waals surface area contributed by atoms with Crippen LogP contribution in [0.1, 0.15) is 81.9 Å². The van der Waals surface area contributed by atoms with E-state index < -0.39 is 0 Å². The summed E-state index contributed by atoms with van der Waals surface area (Å²) in [6.45, 7) is 4.31. The molecule has 1 heterocycles. The molecule has 0 saturated heterocycles. The third kappa shape index (κ3) is 2.87. The Kier molecular flexibility index (Phi) is 4.83. The molecule has 1 aromatic carbocycles. The largest absolute Gasteiger partial charge is 0.515 e. The van der Waals surface area contributed by atoms with Crippen LogP contribution in [0.4, 0.5) is 0 Å². The molecule has 0 amide bonds. The van der Waals surface area contributed by atoms with E-state index in [-0.39, 0.29) is 23.0 Å². The number of aliphatic hydroxyl groups is 1. The van der Waals surface area contributed by atoms with Gasteiger partial charge in [0.25, 0.3) is 0 Å². The summed E-state index contributed by atoms with van der Waals surface area (Å²) in [6, 6.07) is 10.7.